The fourth-order valence-corrected chi connectivity index (χ4v) is 6.69. The minimum atomic E-state index is -1.02. The van der Waals surface area contributed by atoms with Crippen LogP contribution in [0.4, 0.5) is 0 Å². The van der Waals surface area contributed by atoms with E-state index in [-0.39, 0.29) is 17.0 Å². The lowest BCUT2D eigenvalue weighted by Gasteiger charge is -2.64. The molecule has 22 heavy (non-hydrogen) atoms. The average molecular weight is 304 g/mol. The van der Waals surface area contributed by atoms with Crippen LogP contribution in [0, 0.1) is 23.2 Å². The summed E-state index contributed by atoms with van der Waals surface area (Å²) in [6, 6.07) is 0. The third-order valence-electron chi connectivity index (χ3n) is 7.76. The molecule has 1 saturated heterocycles. The van der Waals surface area contributed by atoms with E-state index in [2.05, 4.69) is 20.4 Å². The van der Waals surface area contributed by atoms with Crippen LogP contribution in [0.15, 0.2) is 12.2 Å². The predicted octanol–water partition coefficient (Wildman–Crippen LogP) is 3.61. The summed E-state index contributed by atoms with van der Waals surface area (Å²) in [4.78, 5) is 12.3. The van der Waals surface area contributed by atoms with E-state index in [4.69, 9.17) is 4.74 Å². The standard InChI is InChI=1S/C19H28O3/c1-12-5-4-8-17(3)14(12)6-10-19-11-18(21,9-7-15(17)19)13(2)16(20)22-19/h12,14-15,21H,2,4-11H2,1,3H3/t12-,14+,15-,17+,18-,19+/m0/s1. The minimum Gasteiger partial charge on any atom is -0.455 e. The molecule has 0 aromatic heterocycles. The number of fused-ring (bicyclic) bond motifs is 3. The summed E-state index contributed by atoms with van der Waals surface area (Å²) in [5, 5.41) is 10.9. The zero-order valence-electron chi connectivity index (χ0n) is 13.9. The van der Waals surface area contributed by atoms with E-state index in [0.29, 0.717) is 18.8 Å². The number of esters is 1. The van der Waals surface area contributed by atoms with E-state index in [1.165, 1.54) is 19.3 Å². The molecule has 4 rings (SSSR count). The Bertz CT molecular complexity index is 541. The van der Waals surface area contributed by atoms with Gasteiger partial charge in [-0.15, -0.1) is 0 Å². The molecule has 0 amide bonds. The van der Waals surface area contributed by atoms with Gasteiger partial charge in [0, 0.05) is 12.3 Å². The smallest absolute Gasteiger partial charge is 0.336 e. The lowest BCUT2D eigenvalue weighted by atomic mass is 9.44. The van der Waals surface area contributed by atoms with Crippen molar-refractivity contribution in [3.63, 3.8) is 0 Å². The summed E-state index contributed by atoms with van der Waals surface area (Å²) in [5.41, 5.74) is -0.917. The van der Waals surface area contributed by atoms with Crippen molar-refractivity contribution in [2.75, 3.05) is 0 Å². The lowest BCUT2D eigenvalue weighted by Crippen LogP contribution is -2.66. The van der Waals surface area contributed by atoms with E-state index in [1.807, 2.05) is 0 Å². The SMILES string of the molecule is C=C1C(=O)O[C@@]23CC[C@@H]4[C@@H](C)CCC[C@@]4(C)[C@@H]2CC[C@]1(O)C3. The number of ether oxygens (including phenoxy) is 1. The van der Waals surface area contributed by atoms with Gasteiger partial charge in [0.25, 0.3) is 0 Å². The molecule has 1 N–H and O–H groups in total. The van der Waals surface area contributed by atoms with Crippen molar-refractivity contribution in [2.45, 2.75) is 76.4 Å². The number of hydrogen-bond acceptors (Lipinski definition) is 3. The Hall–Kier alpha value is -0.830. The highest BCUT2D eigenvalue weighted by Crippen LogP contribution is 2.65. The van der Waals surface area contributed by atoms with Crippen molar-refractivity contribution in [2.24, 2.45) is 23.2 Å². The molecule has 4 aliphatic rings. The molecule has 3 nitrogen and oxygen atoms in total. The van der Waals surface area contributed by atoms with Crippen LogP contribution in [0.2, 0.25) is 0 Å². The summed E-state index contributed by atoms with van der Waals surface area (Å²) in [6.45, 7) is 8.64. The maximum Gasteiger partial charge on any atom is 0.336 e. The van der Waals surface area contributed by atoms with E-state index >= 15 is 0 Å². The van der Waals surface area contributed by atoms with Crippen LogP contribution in [0.3, 0.4) is 0 Å². The molecule has 122 valence electrons. The van der Waals surface area contributed by atoms with Gasteiger partial charge in [-0.2, -0.15) is 0 Å². The predicted molar refractivity (Wildman–Crippen MR) is 84.1 cm³/mol. The van der Waals surface area contributed by atoms with Crippen LogP contribution in [0.25, 0.3) is 0 Å². The average Bonchev–Trinajstić information content (AvgIpc) is 2.44. The highest BCUT2D eigenvalue weighted by molar-refractivity contribution is 5.91. The Labute approximate surface area is 133 Å². The zero-order chi connectivity index (χ0) is 15.8. The number of carbonyl (C=O) groups is 1. The highest BCUT2D eigenvalue weighted by atomic mass is 16.6. The summed E-state index contributed by atoms with van der Waals surface area (Å²) < 4.78 is 5.98. The van der Waals surface area contributed by atoms with Gasteiger partial charge < -0.3 is 9.84 Å². The number of carbonyl (C=O) groups excluding carboxylic acids is 1. The van der Waals surface area contributed by atoms with Gasteiger partial charge >= 0.3 is 5.97 Å². The Morgan fingerprint density at radius 1 is 1.23 bits per heavy atom. The van der Waals surface area contributed by atoms with Gasteiger partial charge in [0.2, 0.25) is 0 Å². The van der Waals surface area contributed by atoms with E-state index in [1.54, 1.807) is 0 Å². The first-order valence-electron chi connectivity index (χ1n) is 8.96. The van der Waals surface area contributed by atoms with Crippen molar-refractivity contribution in [3.05, 3.63) is 12.2 Å². The van der Waals surface area contributed by atoms with Crippen molar-refractivity contribution < 1.29 is 14.6 Å². The molecular weight excluding hydrogens is 276 g/mol. The van der Waals surface area contributed by atoms with E-state index in [0.717, 1.165) is 31.1 Å². The van der Waals surface area contributed by atoms with Gasteiger partial charge in [0.15, 0.2) is 0 Å². The van der Waals surface area contributed by atoms with Crippen LogP contribution >= 0.6 is 0 Å². The second-order valence-corrected chi connectivity index (χ2v) is 8.75. The molecule has 0 aromatic rings. The second-order valence-electron chi connectivity index (χ2n) is 8.75. The monoisotopic (exact) mass is 304 g/mol. The molecule has 0 aromatic carbocycles. The molecule has 3 aliphatic carbocycles. The van der Waals surface area contributed by atoms with Gasteiger partial charge in [-0.3, -0.25) is 0 Å². The lowest BCUT2D eigenvalue weighted by molar-refractivity contribution is -0.239. The molecule has 1 aliphatic heterocycles. The van der Waals surface area contributed by atoms with Crippen LogP contribution < -0.4 is 0 Å². The molecule has 0 unspecified atom stereocenters. The quantitative estimate of drug-likeness (QED) is 0.549. The first kappa shape index (κ1) is 14.7. The normalized spacial score (nSPS) is 54.2. The van der Waals surface area contributed by atoms with Gasteiger partial charge in [-0.1, -0.05) is 33.3 Å². The van der Waals surface area contributed by atoms with Crippen LogP contribution in [-0.2, 0) is 9.53 Å². The Morgan fingerprint density at radius 3 is 2.77 bits per heavy atom. The molecule has 6 atom stereocenters. The molecule has 1 spiro atoms. The molecule has 1 heterocycles. The van der Waals surface area contributed by atoms with E-state index in [9.17, 15) is 9.90 Å². The van der Waals surface area contributed by atoms with Crippen LogP contribution in [0.1, 0.15) is 65.2 Å². The van der Waals surface area contributed by atoms with Gasteiger partial charge in [0.05, 0.1) is 11.2 Å². The summed E-state index contributed by atoms with van der Waals surface area (Å²) >= 11 is 0. The number of aliphatic hydroxyl groups is 1. The third-order valence-corrected chi connectivity index (χ3v) is 7.76. The maximum atomic E-state index is 12.3. The maximum absolute atomic E-state index is 12.3. The Kier molecular flexibility index (Phi) is 2.93. The van der Waals surface area contributed by atoms with Crippen LogP contribution in [0.5, 0.6) is 0 Å². The molecule has 3 heteroatoms. The summed E-state index contributed by atoms with van der Waals surface area (Å²) in [6.07, 6.45) is 8.11. The van der Waals surface area contributed by atoms with Crippen molar-refractivity contribution in [1.29, 1.82) is 0 Å². The highest BCUT2D eigenvalue weighted by Gasteiger charge is 2.66. The topological polar surface area (TPSA) is 46.5 Å². The molecular formula is C19H28O3. The zero-order valence-corrected chi connectivity index (χ0v) is 13.9. The van der Waals surface area contributed by atoms with E-state index < -0.39 is 11.2 Å². The van der Waals surface area contributed by atoms with Crippen molar-refractivity contribution in [1.82, 2.24) is 0 Å². The fraction of sp³-hybridized carbons (Fsp3) is 0.842. The number of rotatable bonds is 0. The second kappa shape index (κ2) is 4.37. The molecule has 4 fully saturated rings. The summed E-state index contributed by atoms with van der Waals surface area (Å²) in [7, 11) is 0. The fourth-order valence-electron chi connectivity index (χ4n) is 6.69. The molecule has 0 radical (unpaired) electrons. The minimum absolute atomic E-state index is 0.260. The van der Waals surface area contributed by atoms with Gasteiger partial charge in [-0.05, 0) is 49.4 Å². The largest absolute Gasteiger partial charge is 0.455 e. The Balaban J connectivity index is 1.75. The summed E-state index contributed by atoms with van der Waals surface area (Å²) in [5.74, 6) is 1.56. The van der Waals surface area contributed by atoms with Crippen LogP contribution in [-0.4, -0.2) is 22.3 Å². The van der Waals surface area contributed by atoms with Gasteiger partial charge in [0.1, 0.15) is 5.60 Å². The first-order chi connectivity index (χ1) is 10.3. The third kappa shape index (κ3) is 1.69. The molecule has 2 bridgehead atoms. The Morgan fingerprint density at radius 2 is 2.00 bits per heavy atom. The first-order valence-corrected chi connectivity index (χ1v) is 8.96. The van der Waals surface area contributed by atoms with Crippen molar-refractivity contribution >= 4 is 5.97 Å². The van der Waals surface area contributed by atoms with Crippen molar-refractivity contribution in [3.8, 4) is 0 Å². The number of hydrogen-bond donors (Lipinski definition) is 1. The molecule has 3 saturated carbocycles. The van der Waals surface area contributed by atoms with Gasteiger partial charge in [-0.25, -0.2) is 4.79 Å².